The molecule has 0 saturated heterocycles. The Bertz CT molecular complexity index is 507. The molecule has 0 aliphatic heterocycles. The molecule has 2 atom stereocenters. The van der Waals surface area contributed by atoms with Gasteiger partial charge in [-0.2, -0.15) is 0 Å². The SMILES string of the molecule is CC(C)C(NC(=O)CN)C(=O)NC(CC(=O)O)C(=O)NCC(=O)O. The van der Waals surface area contributed by atoms with Gasteiger partial charge in [0.1, 0.15) is 18.6 Å². The molecule has 0 aromatic rings. The van der Waals surface area contributed by atoms with E-state index in [1.54, 1.807) is 13.8 Å². The summed E-state index contributed by atoms with van der Waals surface area (Å²) in [6.07, 6.45) is -0.743. The summed E-state index contributed by atoms with van der Waals surface area (Å²) in [5.41, 5.74) is 5.16. The van der Waals surface area contributed by atoms with Crippen LogP contribution in [0.25, 0.3) is 0 Å². The molecule has 0 saturated carbocycles. The highest BCUT2D eigenvalue weighted by Gasteiger charge is 2.29. The zero-order chi connectivity index (χ0) is 18.9. The second-order valence-electron chi connectivity index (χ2n) is 5.26. The zero-order valence-corrected chi connectivity index (χ0v) is 13.4. The number of aliphatic carboxylic acids is 2. The van der Waals surface area contributed by atoms with E-state index in [1.165, 1.54) is 0 Å². The van der Waals surface area contributed by atoms with Crippen LogP contribution in [0.15, 0.2) is 0 Å². The second kappa shape index (κ2) is 10.2. The van der Waals surface area contributed by atoms with Crippen LogP contribution in [-0.4, -0.2) is 65.0 Å². The van der Waals surface area contributed by atoms with E-state index in [4.69, 9.17) is 15.9 Å². The molecule has 0 aromatic heterocycles. The van der Waals surface area contributed by atoms with Gasteiger partial charge in [-0.3, -0.25) is 24.0 Å². The standard InChI is InChI=1S/C13H22N4O7/c1-6(2)11(17-8(18)4-14)13(24)16-7(3-9(19)20)12(23)15-5-10(21)22/h6-7,11H,3-5,14H2,1-2H3,(H,15,23)(H,16,24)(H,17,18)(H,19,20)(H,21,22). The lowest BCUT2D eigenvalue weighted by Crippen LogP contribution is -2.56. The second-order valence-corrected chi connectivity index (χ2v) is 5.26. The highest BCUT2D eigenvalue weighted by atomic mass is 16.4. The summed E-state index contributed by atoms with van der Waals surface area (Å²) in [5, 5.41) is 23.9. The van der Waals surface area contributed by atoms with Crippen molar-refractivity contribution in [2.24, 2.45) is 11.7 Å². The topological polar surface area (TPSA) is 188 Å². The molecule has 24 heavy (non-hydrogen) atoms. The maximum atomic E-state index is 12.2. The molecule has 0 rings (SSSR count). The predicted molar refractivity (Wildman–Crippen MR) is 80.7 cm³/mol. The molecule has 0 spiro atoms. The van der Waals surface area contributed by atoms with Crippen molar-refractivity contribution in [2.75, 3.05) is 13.1 Å². The lowest BCUT2D eigenvalue weighted by Gasteiger charge is -2.24. The van der Waals surface area contributed by atoms with E-state index in [0.29, 0.717) is 0 Å². The Morgan fingerprint density at radius 1 is 0.958 bits per heavy atom. The van der Waals surface area contributed by atoms with Gasteiger partial charge in [0.25, 0.3) is 0 Å². The van der Waals surface area contributed by atoms with E-state index >= 15 is 0 Å². The van der Waals surface area contributed by atoms with Crippen LogP contribution in [0.2, 0.25) is 0 Å². The first kappa shape index (κ1) is 21.3. The zero-order valence-electron chi connectivity index (χ0n) is 13.4. The van der Waals surface area contributed by atoms with Crippen molar-refractivity contribution in [3.05, 3.63) is 0 Å². The Morgan fingerprint density at radius 2 is 1.54 bits per heavy atom. The number of carboxylic acid groups (broad SMARTS) is 2. The van der Waals surface area contributed by atoms with E-state index < -0.39 is 54.7 Å². The van der Waals surface area contributed by atoms with Crippen LogP contribution in [0.5, 0.6) is 0 Å². The number of rotatable bonds is 10. The minimum Gasteiger partial charge on any atom is -0.481 e. The monoisotopic (exact) mass is 346 g/mol. The van der Waals surface area contributed by atoms with Gasteiger partial charge >= 0.3 is 11.9 Å². The molecule has 11 heteroatoms. The van der Waals surface area contributed by atoms with Crippen molar-refractivity contribution < 1.29 is 34.2 Å². The number of carboxylic acids is 2. The van der Waals surface area contributed by atoms with Gasteiger partial charge < -0.3 is 31.9 Å². The number of nitrogens with two attached hydrogens (primary N) is 1. The summed E-state index contributed by atoms with van der Waals surface area (Å²) in [6, 6.07) is -2.50. The molecular formula is C13H22N4O7. The van der Waals surface area contributed by atoms with Gasteiger partial charge in [-0.05, 0) is 5.92 Å². The molecule has 2 unspecified atom stereocenters. The summed E-state index contributed by atoms with van der Waals surface area (Å²) in [7, 11) is 0. The Balaban J connectivity index is 5.05. The van der Waals surface area contributed by atoms with Crippen LogP contribution in [0.1, 0.15) is 20.3 Å². The minimum absolute atomic E-state index is 0.339. The van der Waals surface area contributed by atoms with Crippen molar-refractivity contribution >= 4 is 29.7 Å². The minimum atomic E-state index is -1.48. The van der Waals surface area contributed by atoms with Gasteiger partial charge in [0, 0.05) is 0 Å². The molecule has 0 bridgehead atoms. The quantitative estimate of drug-likeness (QED) is 0.245. The maximum absolute atomic E-state index is 12.2. The van der Waals surface area contributed by atoms with Crippen LogP contribution in [0.3, 0.4) is 0 Å². The largest absolute Gasteiger partial charge is 0.481 e. The third-order valence-corrected chi connectivity index (χ3v) is 2.88. The fourth-order valence-corrected chi connectivity index (χ4v) is 1.70. The molecule has 0 fully saturated rings. The van der Waals surface area contributed by atoms with Crippen molar-refractivity contribution in [1.82, 2.24) is 16.0 Å². The van der Waals surface area contributed by atoms with E-state index in [1.807, 2.05) is 5.32 Å². The van der Waals surface area contributed by atoms with E-state index in [2.05, 4.69) is 10.6 Å². The van der Waals surface area contributed by atoms with Crippen molar-refractivity contribution in [3.8, 4) is 0 Å². The molecule has 11 nitrogen and oxygen atoms in total. The number of hydrogen-bond donors (Lipinski definition) is 6. The van der Waals surface area contributed by atoms with Crippen LogP contribution < -0.4 is 21.7 Å². The summed E-state index contributed by atoms with van der Waals surface area (Å²) < 4.78 is 0. The molecule has 136 valence electrons. The number of carbonyl (C=O) groups excluding carboxylic acids is 3. The van der Waals surface area contributed by atoms with Crippen LogP contribution in [0.4, 0.5) is 0 Å². The smallest absolute Gasteiger partial charge is 0.322 e. The maximum Gasteiger partial charge on any atom is 0.322 e. The molecule has 3 amide bonds. The van der Waals surface area contributed by atoms with E-state index in [-0.39, 0.29) is 12.5 Å². The fourth-order valence-electron chi connectivity index (χ4n) is 1.70. The van der Waals surface area contributed by atoms with E-state index in [0.717, 1.165) is 0 Å². The van der Waals surface area contributed by atoms with Gasteiger partial charge in [-0.1, -0.05) is 13.8 Å². The average Bonchev–Trinajstić information content (AvgIpc) is 2.48. The Morgan fingerprint density at radius 3 is 1.96 bits per heavy atom. The predicted octanol–water partition coefficient (Wildman–Crippen LogP) is -2.75. The third-order valence-electron chi connectivity index (χ3n) is 2.88. The molecule has 0 aliphatic rings. The van der Waals surface area contributed by atoms with Crippen molar-refractivity contribution in [2.45, 2.75) is 32.4 Å². The lowest BCUT2D eigenvalue weighted by molar-refractivity contribution is -0.141. The molecule has 0 heterocycles. The van der Waals surface area contributed by atoms with Gasteiger partial charge in [0.15, 0.2) is 0 Å². The summed E-state index contributed by atoms with van der Waals surface area (Å²) in [5.74, 6) is -5.36. The highest BCUT2D eigenvalue weighted by molar-refractivity contribution is 5.94. The number of hydrogen-bond acceptors (Lipinski definition) is 6. The normalized spacial score (nSPS) is 12.8. The van der Waals surface area contributed by atoms with Gasteiger partial charge in [-0.25, -0.2) is 0 Å². The first-order chi connectivity index (χ1) is 11.1. The summed E-state index contributed by atoms with van der Waals surface area (Å²) in [4.78, 5) is 56.7. The van der Waals surface area contributed by atoms with Crippen LogP contribution in [0, 0.1) is 5.92 Å². The number of amides is 3. The molecule has 0 radical (unpaired) electrons. The third kappa shape index (κ3) is 8.08. The number of carbonyl (C=O) groups is 5. The van der Waals surface area contributed by atoms with Crippen molar-refractivity contribution in [3.63, 3.8) is 0 Å². The first-order valence-electron chi connectivity index (χ1n) is 7.09. The average molecular weight is 346 g/mol. The Labute approximate surface area is 138 Å². The molecular weight excluding hydrogens is 324 g/mol. The Hall–Kier alpha value is -2.69. The fraction of sp³-hybridized carbons (Fsp3) is 0.615. The van der Waals surface area contributed by atoms with Crippen molar-refractivity contribution in [1.29, 1.82) is 0 Å². The van der Waals surface area contributed by atoms with Crippen LogP contribution in [-0.2, 0) is 24.0 Å². The number of nitrogens with one attached hydrogen (secondary N) is 3. The van der Waals surface area contributed by atoms with Gasteiger partial charge in [0.05, 0.1) is 13.0 Å². The molecule has 0 aliphatic carbocycles. The Kier molecular flexibility index (Phi) is 9.02. The van der Waals surface area contributed by atoms with E-state index in [9.17, 15) is 24.0 Å². The summed E-state index contributed by atoms with van der Waals surface area (Å²) >= 11 is 0. The highest BCUT2D eigenvalue weighted by Crippen LogP contribution is 2.04. The first-order valence-corrected chi connectivity index (χ1v) is 7.09. The van der Waals surface area contributed by atoms with Crippen LogP contribution >= 0.6 is 0 Å². The van der Waals surface area contributed by atoms with Gasteiger partial charge in [0.2, 0.25) is 17.7 Å². The molecule has 0 aromatic carbocycles. The summed E-state index contributed by atoms with van der Waals surface area (Å²) in [6.45, 7) is 2.21. The lowest BCUT2D eigenvalue weighted by atomic mass is 10.0. The van der Waals surface area contributed by atoms with Gasteiger partial charge in [-0.15, -0.1) is 0 Å². The molecule has 7 N–H and O–H groups in total.